The van der Waals surface area contributed by atoms with Gasteiger partial charge in [-0.1, -0.05) is 12.6 Å². The van der Waals surface area contributed by atoms with Gasteiger partial charge in [-0.05, 0) is 62.1 Å². The van der Waals surface area contributed by atoms with Gasteiger partial charge in [-0.2, -0.15) is 0 Å². The number of nitrogen functional groups attached to an aromatic ring is 1. The molecule has 0 amide bonds. The van der Waals surface area contributed by atoms with Gasteiger partial charge in [-0.15, -0.1) is 0 Å². The summed E-state index contributed by atoms with van der Waals surface area (Å²) in [6, 6.07) is 10.8. The molecule has 0 aliphatic carbocycles. The summed E-state index contributed by atoms with van der Waals surface area (Å²) < 4.78 is 0. The van der Waals surface area contributed by atoms with E-state index < -0.39 is 0 Å². The van der Waals surface area contributed by atoms with Crippen molar-refractivity contribution in [1.82, 2.24) is 24.8 Å². The average molecular weight is 457 g/mol. The monoisotopic (exact) mass is 456 g/mol. The molecule has 176 valence electrons. The molecule has 4 heterocycles. The number of nitrogens with one attached hydrogen (secondary N) is 2. The number of nitrogens with two attached hydrogens (primary N) is 1. The second kappa shape index (κ2) is 9.40. The molecule has 34 heavy (non-hydrogen) atoms. The predicted octanol–water partition coefficient (Wildman–Crippen LogP) is 3.97. The SMILES string of the molecule is C=C(c1ccc(NN)cn1)N1CCC(N2Cc3cnc(Nc4cc(C)cc(C)c4)nc3C2)CC1. The molecule has 1 aromatic carbocycles. The van der Waals surface area contributed by atoms with E-state index in [4.69, 9.17) is 10.8 Å². The molecule has 1 saturated heterocycles. The fourth-order valence-corrected chi connectivity index (χ4v) is 4.99. The highest BCUT2D eigenvalue weighted by molar-refractivity contribution is 5.60. The number of rotatable bonds is 6. The molecule has 3 aromatic rings. The van der Waals surface area contributed by atoms with Gasteiger partial charge >= 0.3 is 0 Å². The third kappa shape index (κ3) is 4.73. The van der Waals surface area contributed by atoms with Crippen LogP contribution in [0.2, 0.25) is 0 Å². The van der Waals surface area contributed by atoms with Gasteiger partial charge in [0.05, 0.1) is 29.0 Å². The highest BCUT2D eigenvalue weighted by atomic mass is 15.2. The number of fused-ring (bicyclic) bond motifs is 1. The molecule has 0 atom stereocenters. The number of hydrogen-bond donors (Lipinski definition) is 3. The minimum atomic E-state index is 0.533. The van der Waals surface area contributed by atoms with Crippen LogP contribution in [-0.2, 0) is 13.1 Å². The maximum Gasteiger partial charge on any atom is 0.227 e. The fourth-order valence-electron chi connectivity index (χ4n) is 4.99. The Kier molecular flexibility index (Phi) is 6.17. The molecule has 8 heteroatoms. The Hall–Kier alpha value is -3.49. The predicted molar refractivity (Wildman–Crippen MR) is 136 cm³/mol. The Labute approximate surface area is 200 Å². The van der Waals surface area contributed by atoms with Crippen molar-refractivity contribution < 1.29 is 0 Å². The number of anilines is 3. The molecule has 5 rings (SSSR count). The van der Waals surface area contributed by atoms with Crippen LogP contribution in [0.25, 0.3) is 5.70 Å². The normalized spacial score (nSPS) is 16.4. The number of pyridine rings is 1. The molecule has 0 saturated carbocycles. The van der Waals surface area contributed by atoms with Crippen LogP contribution < -0.4 is 16.6 Å². The molecule has 2 aliphatic rings. The maximum absolute atomic E-state index is 5.44. The average Bonchev–Trinajstić information content (AvgIpc) is 3.26. The van der Waals surface area contributed by atoms with Crippen LogP contribution in [0.1, 0.15) is 40.9 Å². The van der Waals surface area contributed by atoms with Crippen LogP contribution in [-0.4, -0.2) is 43.9 Å². The number of hydrazine groups is 1. The summed E-state index contributed by atoms with van der Waals surface area (Å²) in [5.41, 5.74) is 11.1. The number of aromatic nitrogens is 3. The van der Waals surface area contributed by atoms with Gasteiger partial charge in [-0.3, -0.25) is 15.7 Å². The summed E-state index contributed by atoms with van der Waals surface area (Å²) >= 11 is 0. The van der Waals surface area contributed by atoms with Crippen molar-refractivity contribution in [2.75, 3.05) is 23.8 Å². The summed E-state index contributed by atoms with van der Waals surface area (Å²) in [5, 5.41) is 3.38. The topological polar surface area (TPSA) is 95.2 Å². The van der Waals surface area contributed by atoms with Crippen molar-refractivity contribution in [2.24, 2.45) is 5.84 Å². The Morgan fingerprint density at radius 2 is 1.76 bits per heavy atom. The van der Waals surface area contributed by atoms with Gasteiger partial charge in [0.2, 0.25) is 5.95 Å². The van der Waals surface area contributed by atoms with Crippen molar-refractivity contribution in [3.63, 3.8) is 0 Å². The van der Waals surface area contributed by atoms with Crippen LogP contribution in [0.4, 0.5) is 17.3 Å². The largest absolute Gasteiger partial charge is 0.370 e. The summed E-state index contributed by atoms with van der Waals surface area (Å²) in [6.07, 6.45) is 5.90. The van der Waals surface area contributed by atoms with Gasteiger partial charge in [0.1, 0.15) is 0 Å². The first kappa shape index (κ1) is 22.3. The smallest absolute Gasteiger partial charge is 0.227 e. The third-order valence-corrected chi connectivity index (χ3v) is 6.75. The Morgan fingerprint density at radius 1 is 1.00 bits per heavy atom. The standard InChI is InChI=1S/C26H32N8/c1-17-10-18(2)12-22(11-17)30-26-29-13-20-15-34(16-25(20)31-26)23-6-8-33(9-7-23)19(3)24-5-4-21(32-27)14-28-24/h4-5,10-14,23,32H,3,6-9,15-16,27H2,1-2H3,(H,29,30,31). The van der Waals surface area contributed by atoms with E-state index in [1.54, 1.807) is 6.20 Å². The molecule has 0 bridgehead atoms. The highest BCUT2D eigenvalue weighted by Gasteiger charge is 2.30. The van der Waals surface area contributed by atoms with E-state index in [0.717, 1.165) is 67.5 Å². The van der Waals surface area contributed by atoms with Crippen molar-refractivity contribution in [1.29, 1.82) is 0 Å². The summed E-state index contributed by atoms with van der Waals surface area (Å²) in [6.45, 7) is 12.2. The highest BCUT2D eigenvalue weighted by Crippen LogP contribution is 2.30. The minimum Gasteiger partial charge on any atom is -0.370 e. The van der Waals surface area contributed by atoms with Gasteiger partial charge in [0, 0.05) is 49.7 Å². The van der Waals surface area contributed by atoms with Gasteiger partial charge in [0.25, 0.3) is 0 Å². The van der Waals surface area contributed by atoms with Gasteiger partial charge in [0.15, 0.2) is 0 Å². The van der Waals surface area contributed by atoms with Crippen LogP contribution in [0, 0.1) is 13.8 Å². The molecule has 1 fully saturated rings. The van der Waals surface area contributed by atoms with Crippen molar-refractivity contribution in [3.8, 4) is 0 Å². The summed E-state index contributed by atoms with van der Waals surface area (Å²) in [5.74, 6) is 6.11. The van der Waals surface area contributed by atoms with E-state index in [1.807, 2.05) is 18.3 Å². The maximum atomic E-state index is 5.44. The first-order valence-corrected chi connectivity index (χ1v) is 11.8. The molecule has 8 nitrogen and oxygen atoms in total. The fraction of sp³-hybridized carbons (Fsp3) is 0.346. The first-order chi connectivity index (χ1) is 16.5. The zero-order chi connectivity index (χ0) is 23.7. The number of benzene rings is 1. The molecular formula is C26H32N8. The molecule has 4 N–H and O–H groups in total. The van der Waals surface area contributed by atoms with Crippen LogP contribution in [0.5, 0.6) is 0 Å². The molecular weight excluding hydrogens is 424 g/mol. The van der Waals surface area contributed by atoms with Crippen LogP contribution in [0.15, 0.2) is 49.3 Å². The van der Waals surface area contributed by atoms with Crippen molar-refractivity contribution >= 4 is 23.0 Å². The summed E-state index contributed by atoms with van der Waals surface area (Å²) in [7, 11) is 0. The van der Waals surface area contributed by atoms with E-state index in [0.29, 0.717) is 12.0 Å². The van der Waals surface area contributed by atoms with Crippen molar-refractivity contribution in [2.45, 2.75) is 45.8 Å². The number of aryl methyl sites for hydroxylation is 2. The lowest BCUT2D eigenvalue weighted by molar-refractivity contribution is 0.131. The second-order valence-corrected chi connectivity index (χ2v) is 9.31. The Balaban J connectivity index is 1.18. The van der Waals surface area contributed by atoms with Crippen LogP contribution >= 0.6 is 0 Å². The zero-order valence-electron chi connectivity index (χ0n) is 19.9. The van der Waals surface area contributed by atoms with E-state index in [2.05, 4.69) is 69.1 Å². The Morgan fingerprint density at radius 3 is 2.44 bits per heavy atom. The summed E-state index contributed by atoms with van der Waals surface area (Å²) in [4.78, 5) is 18.8. The third-order valence-electron chi connectivity index (χ3n) is 6.75. The van der Waals surface area contributed by atoms with Gasteiger partial charge in [-0.25, -0.2) is 9.97 Å². The van der Waals surface area contributed by atoms with E-state index >= 15 is 0 Å². The second-order valence-electron chi connectivity index (χ2n) is 9.31. The number of nitrogens with zero attached hydrogens (tertiary/aromatic N) is 5. The quantitative estimate of drug-likeness (QED) is 0.379. The van der Waals surface area contributed by atoms with Crippen LogP contribution in [0.3, 0.4) is 0 Å². The van der Waals surface area contributed by atoms with E-state index in [9.17, 15) is 0 Å². The molecule has 0 spiro atoms. The minimum absolute atomic E-state index is 0.533. The Bertz CT molecular complexity index is 1160. The first-order valence-electron chi connectivity index (χ1n) is 11.8. The number of piperidine rings is 1. The molecule has 2 aliphatic heterocycles. The molecule has 0 radical (unpaired) electrons. The van der Waals surface area contributed by atoms with Gasteiger partial charge < -0.3 is 15.6 Å². The molecule has 0 unspecified atom stereocenters. The van der Waals surface area contributed by atoms with Crippen molar-refractivity contribution in [3.05, 3.63) is 77.4 Å². The number of likely N-dealkylation sites (tertiary alicyclic amines) is 1. The number of hydrogen-bond acceptors (Lipinski definition) is 8. The molecule has 2 aromatic heterocycles. The van der Waals surface area contributed by atoms with E-state index in [-0.39, 0.29) is 0 Å². The lowest BCUT2D eigenvalue weighted by Gasteiger charge is -2.38. The lowest BCUT2D eigenvalue weighted by atomic mass is 10.0. The lowest BCUT2D eigenvalue weighted by Crippen LogP contribution is -2.42. The zero-order valence-corrected chi connectivity index (χ0v) is 19.9. The van der Waals surface area contributed by atoms with E-state index in [1.165, 1.54) is 16.7 Å².